The minimum Gasteiger partial charge on any atom is -0.436 e. The van der Waals surface area contributed by atoms with Crippen LogP contribution in [0.3, 0.4) is 0 Å². The molecule has 0 unspecified atom stereocenters. The molecule has 0 amide bonds. The SMILES string of the molecule is Fc1cccc(-c2ccc(-c3ccc(-c4nc5ccccc5o4)c4ccccc34)cc2)c1. The summed E-state index contributed by atoms with van der Waals surface area (Å²) in [6.07, 6.45) is 0. The van der Waals surface area contributed by atoms with E-state index in [-0.39, 0.29) is 5.82 Å². The Hall–Kier alpha value is -4.24. The molecule has 0 saturated heterocycles. The topological polar surface area (TPSA) is 26.0 Å². The Kier molecular flexibility index (Phi) is 4.32. The summed E-state index contributed by atoms with van der Waals surface area (Å²) in [4.78, 5) is 4.69. The lowest BCUT2D eigenvalue weighted by Crippen LogP contribution is -1.87. The second-order valence-corrected chi connectivity index (χ2v) is 7.78. The minimum atomic E-state index is -0.229. The van der Waals surface area contributed by atoms with Gasteiger partial charge in [0.2, 0.25) is 5.89 Å². The van der Waals surface area contributed by atoms with E-state index in [1.165, 1.54) is 6.07 Å². The molecule has 0 aliphatic heterocycles. The summed E-state index contributed by atoms with van der Waals surface area (Å²) in [5, 5.41) is 2.22. The van der Waals surface area contributed by atoms with Gasteiger partial charge >= 0.3 is 0 Å². The molecule has 6 rings (SSSR count). The monoisotopic (exact) mass is 415 g/mol. The zero-order chi connectivity index (χ0) is 21.5. The van der Waals surface area contributed by atoms with Crippen LogP contribution in [0.4, 0.5) is 4.39 Å². The molecule has 0 atom stereocenters. The molecule has 0 radical (unpaired) electrons. The van der Waals surface area contributed by atoms with Gasteiger partial charge in [0.05, 0.1) is 0 Å². The van der Waals surface area contributed by atoms with E-state index in [2.05, 4.69) is 36.4 Å². The molecule has 1 aromatic heterocycles. The molecule has 0 aliphatic rings. The Bertz CT molecular complexity index is 1550. The fourth-order valence-corrected chi connectivity index (χ4v) is 4.23. The van der Waals surface area contributed by atoms with E-state index >= 15 is 0 Å². The second-order valence-electron chi connectivity index (χ2n) is 7.78. The van der Waals surface area contributed by atoms with E-state index in [0.717, 1.165) is 49.7 Å². The summed E-state index contributed by atoms with van der Waals surface area (Å²) < 4.78 is 19.6. The first kappa shape index (κ1) is 18.5. The van der Waals surface area contributed by atoms with Gasteiger partial charge in [0.1, 0.15) is 11.3 Å². The van der Waals surface area contributed by atoms with Crippen LogP contribution in [-0.4, -0.2) is 4.98 Å². The van der Waals surface area contributed by atoms with Gasteiger partial charge in [-0.1, -0.05) is 78.9 Å². The van der Waals surface area contributed by atoms with E-state index in [1.807, 2.05) is 54.6 Å². The number of hydrogen-bond acceptors (Lipinski definition) is 2. The van der Waals surface area contributed by atoms with Crippen molar-refractivity contribution in [3.8, 4) is 33.7 Å². The smallest absolute Gasteiger partial charge is 0.227 e. The van der Waals surface area contributed by atoms with E-state index in [9.17, 15) is 4.39 Å². The molecule has 3 heteroatoms. The van der Waals surface area contributed by atoms with Gasteiger partial charge in [0, 0.05) is 5.56 Å². The average molecular weight is 415 g/mol. The Morgan fingerprint density at radius 3 is 2.03 bits per heavy atom. The Morgan fingerprint density at radius 2 is 1.25 bits per heavy atom. The predicted octanol–water partition coefficient (Wildman–Crippen LogP) is 8.12. The van der Waals surface area contributed by atoms with Gasteiger partial charge in [-0.2, -0.15) is 0 Å². The quantitative estimate of drug-likeness (QED) is 0.292. The van der Waals surface area contributed by atoms with Gasteiger partial charge in [-0.3, -0.25) is 0 Å². The maximum absolute atomic E-state index is 13.6. The number of para-hydroxylation sites is 2. The molecule has 5 aromatic carbocycles. The van der Waals surface area contributed by atoms with Gasteiger partial charge in [-0.25, -0.2) is 9.37 Å². The number of nitrogens with zero attached hydrogens (tertiary/aromatic N) is 1. The van der Waals surface area contributed by atoms with Crippen molar-refractivity contribution in [2.45, 2.75) is 0 Å². The van der Waals surface area contributed by atoms with E-state index in [4.69, 9.17) is 9.40 Å². The fraction of sp³-hybridized carbons (Fsp3) is 0. The second kappa shape index (κ2) is 7.47. The van der Waals surface area contributed by atoms with Crippen LogP contribution in [0.25, 0.3) is 55.6 Å². The van der Waals surface area contributed by atoms with Crippen molar-refractivity contribution in [1.29, 1.82) is 0 Å². The molecule has 0 N–H and O–H groups in total. The summed E-state index contributed by atoms with van der Waals surface area (Å²) in [7, 11) is 0. The Labute approximate surface area is 184 Å². The van der Waals surface area contributed by atoms with Crippen LogP contribution in [0.2, 0.25) is 0 Å². The molecule has 0 spiro atoms. The first-order valence-corrected chi connectivity index (χ1v) is 10.5. The molecular formula is C29H18FNO. The highest BCUT2D eigenvalue weighted by Gasteiger charge is 2.14. The first-order valence-electron chi connectivity index (χ1n) is 10.5. The van der Waals surface area contributed by atoms with Crippen LogP contribution in [0.5, 0.6) is 0 Å². The van der Waals surface area contributed by atoms with Crippen LogP contribution in [-0.2, 0) is 0 Å². The Morgan fingerprint density at radius 1 is 0.562 bits per heavy atom. The maximum atomic E-state index is 13.6. The van der Waals surface area contributed by atoms with Gasteiger partial charge in [0.15, 0.2) is 5.58 Å². The number of halogens is 1. The lowest BCUT2D eigenvalue weighted by atomic mass is 9.94. The van der Waals surface area contributed by atoms with Crippen LogP contribution in [0.1, 0.15) is 0 Å². The molecule has 0 bridgehead atoms. The molecule has 0 saturated carbocycles. The normalized spacial score (nSPS) is 11.3. The molecule has 32 heavy (non-hydrogen) atoms. The van der Waals surface area contributed by atoms with Gasteiger partial charge in [-0.05, 0) is 63.4 Å². The standard InChI is InChI=1S/C29H18FNO/c30-22-7-5-6-21(18-22)19-12-14-20(15-13-19)23-16-17-26(25-9-2-1-8-24(23)25)29-31-27-10-3-4-11-28(27)32-29/h1-18H. The average Bonchev–Trinajstić information content (AvgIpc) is 3.28. The van der Waals surface area contributed by atoms with Crippen molar-refractivity contribution in [1.82, 2.24) is 4.98 Å². The molecule has 0 fully saturated rings. The van der Waals surface area contributed by atoms with Crippen molar-refractivity contribution < 1.29 is 8.81 Å². The first-order chi connectivity index (χ1) is 15.8. The molecule has 0 aliphatic carbocycles. The lowest BCUT2D eigenvalue weighted by molar-refractivity contribution is 0.620. The maximum Gasteiger partial charge on any atom is 0.227 e. The number of aromatic nitrogens is 1. The van der Waals surface area contributed by atoms with Crippen molar-refractivity contribution in [3.63, 3.8) is 0 Å². The number of rotatable bonds is 3. The third kappa shape index (κ3) is 3.15. The van der Waals surface area contributed by atoms with Crippen LogP contribution in [0, 0.1) is 5.82 Å². The Balaban J connectivity index is 1.46. The predicted molar refractivity (Wildman–Crippen MR) is 128 cm³/mol. The van der Waals surface area contributed by atoms with Gasteiger partial charge < -0.3 is 4.42 Å². The highest BCUT2D eigenvalue weighted by Crippen LogP contribution is 2.37. The van der Waals surface area contributed by atoms with E-state index < -0.39 is 0 Å². The summed E-state index contributed by atoms with van der Waals surface area (Å²) in [5.41, 5.74) is 6.69. The molecule has 6 aromatic rings. The largest absolute Gasteiger partial charge is 0.436 e. The highest BCUT2D eigenvalue weighted by molar-refractivity contribution is 6.04. The van der Waals surface area contributed by atoms with E-state index in [0.29, 0.717) is 5.89 Å². The summed E-state index contributed by atoms with van der Waals surface area (Å²) >= 11 is 0. The summed E-state index contributed by atoms with van der Waals surface area (Å²) in [6.45, 7) is 0. The molecule has 1 heterocycles. The highest BCUT2D eigenvalue weighted by atomic mass is 19.1. The van der Waals surface area contributed by atoms with Crippen molar-refractivity contribution in [3.05, 3.63) is 115 Å². The van der Waals surface area contributed by atoms with Crippen LogP contribution in [0.15, 0.2) is 114 Å². The van der Waals surface area contributed by atoms with Crippen molar-refractivity contribution in [2.75, 3.05) is 0 Å². The third-order valence-corrected chi connectivity index (χ3v) is 5.80. The van der Waals surface area contributed by atoms with Crippen LogP contribution >= 0.6 is 0 Å². The zero-order valence-corrected chi connectivity index (χ0v) is 17.1. The summed E-state index contributed by atoms with van der Waals surface area (Å²) in [6, 6.07) is 35.2. The third-order valence-electron chi connectivity index (χ3n) is 5.80. The number of fused-ring (bicyclic) bond motifs is 2. The van der Waals surface area contributed by atoms with Gasteiger partial charge in [0.25, 0.3) is 0 Å². The number of hydrogen-bond donors (Lipinski definition) is 0. The van der Waals surface area contributed by atoms with Crippen LogP contribution < -0.4 is 0 Å². The molecular weight excluding hydrogens is 397 g/mol. The van der Waals surface area contributed by atoms with Crippen molar-refractivity contribution >= 4 is 21.9 Å². The lowest BCUT2D eigenvalue weighted by Gasteiger charge is -2.11. The van der Waals surface area contributed by atoms with E-state index in [1.54, 1.807) is 12.1 Å². The summed E-state index contributed by atoms with van der Waals surface area (Å²) in [5.74, 6) is 0.391. The minimum absolute atomic E-state index is 0.229. The zero-order valence-electron chi connectivity index (χ0n) is 17.1. The van der Waals surface area contributed by atoms with Gasteiger partial charge in [-0.15, -0.1) is 0 Å². The number of oxazole rings is 1. The molecule has 2 nitrogen and oxygen atoms in total. The van der Waals surface area contributed by atoms with Crippen molar-refractivity contribution in [2.24, 2.45) is 0 Å². The molecule has 152 valence electrons. The fourth-order valence-electron chi connectivity index (χ4n) is 4.23. The number of benzene rings is 5.